The van der Waals surface area contributed by atoms with Crippen LogP contribution in [0, 0.1) is 12.7 Å². The molecule has 10 heteroatoms. The number of sulfonamides is 1. The van der Waals surface area contributed by atoms with Crippen LogP contribution in [0.15, 0.2) is 59.5 Å². The van der Waals surface area contributed by atoms with E-state index in [2.05, 4.69) is 5.32 Å². The van der Waals surface area contributed by atoms with Gasteiger partial charge in [0.1, 0.15) is 17.3 Å². The SMILES string of the molecule is Cc1cc(F)ccc1Oc1cc(Cl)c(Cl)cc1C(=O)Nc1cccc(S(N)(=O)=O)c1. The first kappa shape index (κ1) is 22.0. The van der Waals surface area contributed by atoms with E-state index in [9.17, 15) is 17.6 Å². The normalized spacial score (nSPS) is 11.2. The van der Waals surface area contributed by atoms with Crippen LogP contribution in [0.4, 0.5) is 10.1 Å². The van der Waals surface area contributed by atoms with E-state index in [0.717, 1.165) is 0 Å². The Hall–Kier alpha value is -2.65. The van der Waals surface area contributed by atoms with Crippen molar-refractivity contribution in [2.24, 2.45) is 5.14 Å². The first-order chi connectivity index (χ1) is 14.0. The van der Waals surface area contributed by atoms with Crippen molar-refractivity contribution < 1.29 is 22.3 Å². The van der Waals surface area contributed by atoms with Gasteiger partial charge in [-0.15, -0.1) is 0 Å². The lowest BCUT2D eigenvalue weighted by atomic mass is 10.1. The summed E-state index contributed by atoms with van der Waals surface area (Å²) >= 11 is 12.1. The van der Waals surface area contributed by atoms with Gasteiger partial charge in [0.05, 0.1) is 20.5 Å². The lowest BCUT2D eigenvalue weighted by molar-refractivity contribution is 0.102. The van der Waals surface area contributed by atoms with Crippen molar-refractivity contribution in [3.63, 3.8) is 0 Å². The van der Waals surface area contributed by atoms with Crippen LogP contribution in [0.25, 0.3) is 0 Å². The molecule has 1 amide bonds. The standard InChI is InChI=1S/C20H15Cl2FN2O4S/c1-11-7-12(23)5-6-18(11)29-19-10-17(22)16(21)9-15(19)20(26)25-13-3-2-4-14(8-13)30(24,27)28/h2-10H,1H3,(H,25,26)(H2,24,27,28). The van der Waals surface area contributed by atoms with Crippen LogP contribution < -0.4 is 15.2 Å². The number of hydrogen-bond donors (Lipinski definition) is 2. The van der Waals surface area contributed by atoms with Crippen molar-refractivity contribution in [1.29, 1.82) is 0 Å². The molecule has 3 rings (SSSR count). The Balaban J connectivity index is 1.97. The van der Waals surface area contributed by atoms with E-state index in [1.807, 2.05) is 0 Å². The van der Waals surface area contributed by atoms with E-state index in [0.29, 0.717) is 11.3 Å². The maximum atomic E-state index is 13.4. The first-order valence-electron chi connectivity index (χ1n) is 8.42. The van der Waals surface area contributed by atoms with Crippen LogP contribution in [0.2, 0.25) is 10.0 Å². The molecule has 0 aliphatic rings. The second-order valence-electron chi connectivity index (χ2n) is 6.30. The van der Waals surface area contributed by atoms with Gasteiger partial charge in [-0.1, -0.05) is 29.3 Å². The largest absolute Gasteiger partial charge is 0.456 e. The highest BCUT2D eigenvalue weighted by Gasteiger charge is 2.18. The molecule has 30 heavy (non-hydrogen) atoms. The van der Waals surface area contributed by atoms with Crippen molar-refractivity contribution in [3.05, 3.63) is 81.6 Å². The van der Waals surface area contributed by atoms with Gasteiger partial charge in [0.15, 0.2) is 0 Å². The molecule has 0 spiro atoms. The number of amides is 1. The summed E-state index contributed by atoms with van der Waals surface area (Å²) in [5.74, 6) is -0.657. The van der Waals surface area contributed by atoms with Gasteiger partial charge in [-0.2, -0.15) is 0 Å². The molecule has 3 aromatic rings. The quantitative estimate of drug-likeness (QED) is 0.541. The Labute approximate surface area is 182 Å². The molecule has 0 saturated carbocycles. The molecule has 156 valence electrons. The Bertz CT molecular complexity index is 1250. The number of nitrogens with one attached hydrogen (secondary N) is 1. The zero-order valence-electron chi connectivity index (χ0n) is 15.4. The predicted octanol–water partition coefficient (Wildman–Crippen LogP) is 5.13. The Kier molecular flexibility index (Phi) is 6.33. The average Bonchev–Trinajstić information content (AvgIpc) is 2.66. The zero-order chi connectivity index (χ0) is 22.1. The van der Waals surface area contributed by atoms with Crippen LogP contribution >= 0.6 is 23.2 Å². The topological polar surface area (TPSA) is 98.5 Å². The van der Waals surface area contributed by atoms with Gasteiger partial charge in [-0.05, 0) is 55.0 Å². The van der Waals surface area contributed by atoms with Crippen LogP contribution in [-0.4, -0.2) is 14.3 Å². The molecule has 0 heterocycles. The average molecular weight is 469 g/mol. The Morgan fingerprint density at radius 3 is 2.40 bits per heavy atom. The number of rotatable bonds is 5. The minimum atomic E-state index is -3.94. The van der Waals surface area contributed by atoms with E-state index in [1.54, 1.807) is 6.92 Å². The van der Waals surface area contributed by atoms with Crippen molar-refractivity contribution in [3.8, 4) is 11.5 Å². The number of halogens is 3. The third-order valence-electron chi connectivity index (χ3n) is 4.04. The highest BCUT2D eigenvalue weighted by atomic mass is 35.5. The van der Waals surface area contributed by atoms with E-state index < -0.39 is 21.7 Å². The van der Waals surface area contributed by atoms with Gasteiger partial charge in [0.2, 0.25) is 10.0 Å². The predicted molar refractivity (Wildman–Crippen MR) is 113 cm³/mol. The fourth-order valence-electron chi connectivity index (χ4n) is 2.59. The lowest BCUT2D eigenvalue weighted by Gasteiger charge is -2.14. The van der Waals surface area contributed by atoms with Crippen molar-refractivity contribution in [2.45, 2.75) is 11.8 Å². The minimum absolute atomic E-state index is 0.0362. The number of carbonyl (C=O) groups excluding carboxylic acids is 1. The van der Waals surface area contributed by atoms with E-state index in [-0.39, 0.29) is 31.9 Å². The molecular weight excluding hydrogens is 454 g/mol. The third-order valence-corrected chi connectivity index (χ3v) is 5.68. The Morgan fingerprint density at radius 2 is 1.73 bits per heavy atom. The van der Waals surface area contributed by atoms with Crippen LogP contribution in [0.5, 0.6) is 11.5 Å². The van der Waals surface area contributed by atoms with E-state index >= 15 is 0 Å². The summed E-state index contributed by atoms with van der Waals surface area (Å²) in [7, 11) is -3.94. The molecule has 0 fully saturated rings. The van der Waals surface area contributed by atoms with Crippen molar-refractivity contribution in [2.75, 3.05) is 5.32 Å². The van der Waals surface area contributed by atoms with Gasteiger partial charge in [-0.25, -0.2) is 17.9 Å². The lowest BCUT2D eigenvalue weighted by Crippen LogP contribution is -2.15. The molecule has 6 nitrogen and oxygen atoms in total. The molecule has 0 saturated heterocycles. The molecule has 0 bridgehead atoms. The number of nitrogens with two attached hydrogens (primary N) is 1. The highest BCUT2D eigenvalue weighted by Crippen LogP contribution is 2.35. The van der Waals surface area contributed by atoms with Crippen LogP contribution in [-0.2, 0) is 10.0 Å². The summed E-state index contributed by atoms with van der Waals surface area (Å²) in [6.45, 7) is 1.65. The number of aryl methyl sites for hydroxylation is 1. The molecule has 0 aliphatic heterocycles. The van der Waals surface area contributed by atoms with Gasteiger partial charge >= 0.3 is 0 Å². The minimum Gasteiger partial charge on any atom is -0.456 e. The molecule has 3 N–H and O–H groups in total. The van der Waals surface area contributed by atoms with Crippen molar-refractivity contribution in [1.82, 2.24) is 0 Å². The van der Waals surface area contributed by atoms with Crippen molar-refractivity contribution >= 4 is 44.8 Å². The van der Waals surface area contributed by atoms with Gasteiger partial charge in [-0.3, -0.25) is 4.79 Å². The molecule has 3 aromatic carbocycles. The van der Waals surface area contributed by atoms with Crippen LogP contribution in [0.1, 0.15) is 15.9 Å². The maximum Gasteiger partial charge on any atom is 0.259 e. The monoisotopic (exact) mass is 468 g/mol. The molecule has 0 aliphatic carbocycles. The maximum absolute atomic E-state index is 13.4. The highest BCUT2D eigenvalue weighted by molar-refractivity contribution is 7.89. The van der Waals surface area contributed by atoms with E-state index in [1.165, 1.54) is 54.6 Å². The summed E-state index contributed by atoms with van der Waals surface area (Å²) in [6, 6.07) is 12.1. The second kappa shape index (κ2) is 8.61. The van der Waals surface area contributed by atoms with Crippen LogP contribution in [0.3, 0.4) is 0 Å². The Morgan fingerprint density at radius 1 is 1.03 bits per heavy atom. The van der Waals surface area contributed by atoms with Gasteiger partial charge in [0, 0.05) is 11.8 Å². The summed E-state index contributed by atoms with van der Waals surface area (Å²) < 4.78 is 42.2. The molecule has 0 radical (unpaired) electrons. The van der Waals surface area contributed by atoms with Gasteiger partial charge < -0.3 is 10.1 Å². The smallest absolute Gasteiger partial charge is 0.259 e. The number of hydrogen-bond acceptors (Lipinski definition) is 4. The molecule has 0 unspecified atom stereocenters. The number of carbonyl (C=O) groups is 1. The number of anilines is 1. The molecule has 0 aromatic heterocycles. The molecular formula is C20H15Cl2FN2O4S. The number of primary sulfonamides is 1. The number of ether oxygens (including phenoxy) is 1. The second-order valence-corrected chi connectivity index (χ2v) is 8.68. The first-order valence-corrected chi connectivity index (χ1v) is 10.7. The number of benzene rings is 3. The summed E-state index contributed by atoms with van der Waals surface area (Å²) in [4.78, 5) is 12.7. The zero-order valence-corrected chi connectivity index (χ0v) is 17.8. The summed E-state index contributed by atoms with van der Waals surface area (Å²) in [5.41, 5.74) is 0.740. The summed E-state index contributed by atoms with van der Waals surface area (Å²) in [5, 5.41) is 7.95. The fourth-order valence-corrected chi connectivity index (χ4v) is 3.46. The summed E-state index contributed by atoms with van der Waals surface area (Å²) in [6.07, 6.45) is 0. The van der Waals surface area contributed by atoms with E-state index in [4.69, 9.17) is 33.1 Å². The molecule has 0 atom stereocenters. The fraction of sp³-hybridized carbons (Fsp3) is 0.0500. The van der Waals surface area contributed by atoms with Gasteiger partial charge in [0.25, 0.3) is 5.91 Å². The third kappa shape index (κ3) is 5.09.